The smallest absolute Gasteiger partial charge is 0.369 e. The molecule has 1 saturated heterocycles. The molecule has 0 atom stereocenters. The van der Waals surface area contributed by atoms with Crippen molar-refractivity contribution in [1.82, 2.24) is 19.8 Å². The van der Waals surface area contributed by atoms with Gasteiger partial charge in [-0.2, -0.15) is 31.3 Å². The Kier molecular flexibility index (Phi) is 11.0. The molecule has 8 nitrogen and oxygen atoms in total. The van der Waals surface area contributed by atoms with Gasteiger partial charge >= 0.3 is 12.4 Å². The number of halogens is 6. The van der Waals surface area contributed by atoms with E-state index in [2.05, 4.69) is 21.8 Å². The number of rotatable bonds is 8. The van der Waals surface area contributed by atoms with Crippen LogP contribution in [0.25, 0.3) is 11.3 Å². The number of nitrogens with zero attached hydrogens (tertiary/aromatic N) is 6. The summed E-state index contributed by atoms with van der Waals surface area (Å²) in [4.78, 5) is 33.9. The summed E-state index contributed by atoms with van der Waals surface area (Å²) < 4.78 is 81.8. The van der Waals surface area contributed by atoms with Crippen LogP contribution in [-0.2, 0) is 18.9 Å². The van der Waals surface area contributed by atoms with Crippen LogP contribution in [0, 0.1) is 6.92 Å². The van der Waals surface area contributed by atoms with E-state index in [-0.39, 0.29) is 29.6 Å². The maximum absolute atomic E-state index is 14.3. The number of fused-ring (bicyclic) bond motifs is 1. The van der Waals surface area contributed by atoms with Gasteiger partial charge in [0.15, 0.2) is 0 Å². The monoisotopic (exact) mass is 697 g/mol. The van der Waals surface area contributed by atoms with Crippen LogP contribution in [0.15, 0.2) is 84.2 Å². The number of allylic oxidation sites excluding steroid dienone is 4. The minimum absolute atomic E-state index is 0.0802. The number of hydrogen-bond donors (Lipinski definition) is 1. The van der Waals surface area contributed by atoms with Crippen LogP contribution in [0.5, 0.6) is 0 Å². The number of anilines is 2. The number of nitrogens with one attached hydrogen (secondary N) is 1. The molecule has 50 heavy (non-hydrogen) atoms. The predicted octanol–water partition coefficient (Wildman–Crippen LogP) is 7.74. The summed E-state index contributed by atoms with van der Waals surface area (Å²) in [6, 6.07) is 8.72. The van der Waals surface area contributed by atoms with E-state index in [0.29, 0.717) is 68.5 Å². The summed E-state index contributed by atoms with van der Waals surface area (Å²) in [5.41, 5.74) is -1.28. The van der Waals surface area contributed by atoms with Gasteiger partial charge in [-0.25, -0.2) is 9.98 Å². The van der Waals surface area contributed by atoms with Crippen molar-refractivity contribution in [2.45, 2.75) is 39.2 Å². The first kappa shape index (κ1) is 36.1. The zero-order chi connectivity index (χ0) is 36.1. The third-order valence-corrected chi connectivity index (χ3v) is 8.36. The lowest BCUT2D eigenvalue weighted by Crippen LogP contribution is -2.46. The number of hydrogen-bond acceptors (Lipinski definition) is 7. The fraction of sp³-hybridized carbons (Fsp3) is 0.333. The lowest BCUT2D eigenvalue weighted by atomic mass is 9.99. The highest BCUT2D eigenvalue weighted by Crippen LogP contribution is 2.38. The summed E-state index contributed by atoms with van der Waals surface area (Å²) in [5.74, 6) is 0.779. The van der Waals surface area contributed by atoms with E-state index in [1.807, 2.05) is 55.2 Å². The van der Waals surface area contributed by atoms with Gasteiger partial charge in [0.2, 0.25) is 5.95 Å². The van der Waals surface area contributed by atoms with E-state index < -0.39 is 35.9 Å². The molecular formula is C36H37F6N7O. The van der Waals surface area contributed by atoms with Crippen LogP contribution in [0.1, 0.15) is 46.0 Å². The predicted molar refractivity (Wildman–Crippen MR) is 182 cm³/mol. The molecule has 1 fully saturated rings. The van der Waals surface area contributed by atoms with Gasteiger partial charge in [-0.3, -0.25) is 4.79 Å². The van der Waals surface area contributed by atoms with Crippen molar-refractivity contribution in [3.05, 3.63) is 107 Å². The average Bonchev–Trinajstić information content (AvgIpc) is 3.07. The Balaban J connectivity index is 1.52. The first-order valence-corrected chi connectivity index (χ1v) is 16.1. The highest BCUT2D eigenvalue weighted by atomic mass is 19.4. The average molecular weight is 698 g/mol. The third-order valence-electron chi connectivity index (χ3n) is 8.36. The van der Waals surface area contributed by atoms with Crippen LogP contribution >= 0.6 is 0 Å². The molecule has 2 aliphatic rings. The molecule has 0 spiro atoms. The van der Waals surface area contributed by atoms with Crippen molar-refractivity contribution in [3.63, 3.8) is 0 Å². The molecule has 2 aliphatic heterocycles. The lowest BCUT2D eigenvalue weighted by Gasteiger charge is -2.36. The molecule has 1 N–H and O–H groups in total. The number of alkyl halides is 6. The molecule has 0 aliphatic carbocycles. The van der Waals surface area contributed by atoms with E-state index in [1.165, 1.54) is 4.90 Å². The molecule has 0 bridgehead atoms. The molecule has 0 radical (unpaired) electrons. The van der Waals surface area contributed by atoms with Gasteiger partial charge in [-0.1, -0.05) is 43.0 Å². The fourth-order valence-electron chi connectivity index (χ4n) is 5.85. The summed E-state index contributed by atoms with van der Waals surface area (Å²) in [6.45, 7) is 9.80. The summed E-state index contributed by atoms with van der Waals surface area (Å²) in [6.07, 6.45) is -0.714. The van der Waals surface area contributed by atoms with Crippen LogP contribution in [0.2, 0.25) is 0 Å². The highest BCUT2D eigenvalue weighted by Gasteiger charge is 2.38. The van der Waals surface area contributed by atoms with Crippen LogP contribution in [0.4, 0.5) is 38.1 Å². The number of piperazine rings is 1. The van der Waals surface area contributed by atoms with Crippen molar-refractivity contribution in [2.24, 2.45) is 4.99 Å². The SMILES string of the molecule is C=C/C=C(/N=C\C=C/C)N1CCN(c2nc3c(c(-c4ccccc4C)n2)C(=O)N(Cc2cc(C(F)(F)F)cc(C(F)(F)F)c2)CCCN3)CC1. The number of amides is 1. The molecule has 3 aromatic rings. The maximum Gasteiger partial charge on any atom is 0.416 e. The summed E-state index contributed by atoms with van der Waals surface area (Å²) in [7, 11) is 0. The first-order valence-electron chi connectivity index (χ1n) is 16.1. The first-order chi connectivity index (χ1) is 23.8. The molecule has 264 valence electrons. The summed E-state index contributed by atoms with van der Waals surface area (Å²) in [5, 5.41) is 3.24. The number of aliphatic imine (C=N–C) groups is 1. The Bertz CT molecular complexity index is 1780. The van der Waals surface area contributed by atoms with Gasteiger partial charge in [0.1, 0.15) is 17.2 Å². The van der Waals surface area contributed by atoms with Gasteiger partial charge in [-0.05, 0) is 61.7 Å². The standard InChI is InChI=1S/C36H37F6N7O/c1-4-6-13-43-29(10-5-2)47-16-18-48(19-17-47)34-45-31(28-12-8-7-11-24(28)3)30-32(46-34)44-14-9-15-49(33(30)50)23-25-20-26(35(37,38)39)22-27(21-25)36(40,41)42/h4-8,10-13,20-22H,2,9,14-19,23H2,1,3H3,(H,44,45,46)/b6-4-,29-10-,43-13-. The second-order valence-corrected chi connectivity index (χ2v) is 11.9. The summed E-state index contributed by atoms with van der Waals surface area (Å²) >= 11 is 0. The van der Waals surface area contributed by atoms with Crippen molar-refractivity contribution >= 4 is 23.9 Å². The van der Waals surface area contributed by atoms with Crippen molar-refractivity contribution in [1.29, 1.82) is 0 Å². The minimum atomic E-state index is -5.01. The van der Waals surface area contributed by atoms with Gasteiger partial charge in [0, 0.05) is 57.6 Å². The molecule has 0 saturated carbocycles. The topological polar surface area (TPSA) is 77.0 Å². The second kappa shape index (κ2) is 15.2. The number of aromatic nitrogens is 2. The van der Waals surface area contributed by atoms with E-state index in [9.17, 15) is 31.1 Å². The number of benzene rings is 2. The highest BCUT2D eigenvalue weighted by molar-refractivity contribution is 6.05. The van der Waals surface area contributed by atoms with E-state index in [4.69, 9.17) is 9.97 Å². The van der Waals surface area contributed by atoms with E-state index >= 15 is 0 Å². The van der Waals surface area contributed by atoms with Crippen molar-refractivity contribution < 1.29 is 31.1 Å². The Labute approximate surface area is 286 Å². The number of carbonyl (C=O) groups excluding carboxylic acids is 1. The quantitative estimate of drug-likeness (QED) is 0.148. The zero-order valence-corrected chi connectivity index (χ0v) is 27.7. The van der Waals surface area contributed by atoms with Gasteiger partial charge in [0.25, 0.3) is 5.91 Å². The molecule has 14 heteroatoms. The Morgan fingerprint density at radius 1 is 0.980 bits per heavy atom. The third kappa shape index (κ3) is 8.35. The minimum Gasteiger partial charge on any atom is -0.369 e. The number of aryl methyl sites for hydroxylation is 1. The number of carbonyl (C=O) groups is 1. The van der Waals surface area contributed by atoms with E-state index in [1.54, 1.807) is 18.4 Å². The van der Waals surface area contributed by atoms with Gasteiger partial charge < -0.3 is 20.0 Å². The van der Waals surface area contributed by atoms with Crippen molar-refractivity contribution in [2.75, 3.05) is 49.5 Å². The van der Waals surface area contributed by atoms with Gasteiger partial charge in [0.05, 0.1) is 16.8 Å². The van der Waals surface area contributed by atoms with Crippen LogP contribution in [0.3, 0.4) is 0 Å². The molecule has 1 amide bonds. The molecule has 2 aromatic carbocycles. The van der Waals surface area contributed by atoms with Gasteiger partial charge in [-0.15, -0.1) is 0 Å². The Hall–Kier alpha value is -5.14. The maximum atomic E-state index is 14.3. The second-order valence-electron chi connectivity index (χ2n) is 11.9. The molecule has 5 rings (SSSR count). The zero-order valence-electron chi connectivity index (χ0n) is 27.7. The fourth-order valence-corrected chi connectivity index (χ4v) is 5.85. The van der Waals surface area contributed by atoms with E-state index in [0.717, 1.165) is 11.4 Å². The molecule has 3 heterocycles. The van der Waals surface area contributed by atoms with Crippen LogP contribution in [-0.4, -0.2) is 71.2 Å². The molecule has 0 unspecified atom stereocenters. The van der Waals surface area contributed by atoms with Crippen LogP contribution < -0.4 is 10.2 Å². The molecule has 1 aromatic heterocycles. The Morgan fingerprint density at radius 3 is 2.28 bits per heavy atom. The lowest BCUT2D eigenvalue weighted by molar-refractivity contribution is -0.143. The van der Waals surface area contributed by atoms with Crippen molar-refractivity contribution in [3.8, 4) is 11.3 Å². The Morgan fingerprint density at radius 2 is 1.66 bits per heavy atom. The largest absolute Gasteiger partial charge is 0.416 e. The molecular weight excluding hydrogens is 660 g/mol. The normalized spacial score (nSPS) is 16.4.